The van der Waals surface area contributed by atoms with Gasteiger partial charge in [-0.1, -0.05) is 0 Å². The molecule has 0 spiro atoms. The molecule has 2 aromatic rings. The van der Waals surface area contributed by atoms with E-state index in [0.717, 1.165) is 42.3 Å². The standard InChI is InChI=1S/C17H23N5O2S/c1-11-8-14(21-17-19-12(2)10-25-17)20-16(18-11)13-6-4-5-7-22(13)15(23)9-24-3/h8,10,13H,4-7,9H2,1-3H3,(H,18,19,20,21)/t13-/m1/s1. The van der Waals surface area contributed by atoms with Gasteiger partial charge in [0.05, 0.1) is 11.7 Å². The summed E-state index contributed by atoms with van der Waals surface area (Å²) in [5.41, 5.74) is 1.84. The third-order valence-electron chi connectivity index (χ3n) is 4.11. The molecule has 1 saturated heterocycles. The molecule has 134 valence electrons. The Kier molecular flexibility index (Phi) is 5.60. The van der Waals surface area contributed by atoms with Crippen molar-refractivity contribution in [2.75, 3.05) is 25.6 Å². The number of rotatable bonds is 5. The van der Waals surface area contributed by atoms with E-state index in [0.29, 0.717) is 11.6 Å². The Bertz CT molecular complexity index is 748. The van der Waals surface area contributed by atoms with Gasteiger partial charge < -0.3 is 15.0 Å². The topological polar surface area (TPSA) is 80.2 Å². The molecule has 1 atom stereocenters. The van der Waals surface area contributed by atoms with Gasteiger partial charge in [0.25, 0.3) is 0 Å². The first-order chi connectivity index (χ1) is 12.1. The summed E-state index contributed by atoms with van der Waals surface area (Å²) in [7, 11) is 1.54. The molecule has 0 aliphatic carbocycles. The smallest absolute Gasteiger partial charge is 0.249 e. The number of carbonyl (C=O) groups excluding carboxylic acids is 1. The SMILES string of the molecule is COCC(=O)N1CCCC[C@@H]1c1nc(C)cc(Nc2nc(C)cs2)n1. The van der Waals surface area contributed by atoms with Crippen LogP contribution in [0.2, 0.25) is 0 Å². The van der Waals surface area contributed by atoms with E-state index in [1.165, 1.54) is 7.11 Å². The van der Waals surface area contributed by atoms with Gasteiger partial charge in [-0.05, 0) is 33.1 Å². The van der Waals surface area contributed by atoms with Crippen molar-refractivity contribution in [2.24, 2.45) is 0 Å². The second kappa shape index (κ2) is 7.88. The van der Waals surface area contributed by atoms with Gasteiger partial charge in [0.1, 0.15) is 12.4 Å². The van der Waals surface area contributed by atoms with Crippen LogP contribution < -0.4 is 5.32 Å². The molecule has 0 aromatic carbocycles. The van der Waals surface area contributed by atoms with E-state index in [9.17, 15) is 4.79 Å². The normalized spacial score (nSPS) is 17.6. The van der Waals surface area contributed by atoms with Gasteiger partial charge in [-0.3, -0.25) is 4.79 Å². The van der Waals surface area contributed by atoms with E-state index < -0.39 is 0 Å². The number of nitrogens with zero attached hydrogens (tertiary/aromatic N) is 4. The van der Waals surface area contributed by atoms with E-state index in [4.69, 9.17) is 4.74 Å². The highest BCUT2D eigenvalue weighted by Gasteiger charge is 2.30. The van der Waals surface area contributed by atoms with Crippen molar-refractivity contribution in [3.8, 4) is 0 Å². The van der Waals surface area contributed by atoms with Crippen molar-refractivity contribution in [1.82, 2.24) is 19.9 Å². The summed E-state index contributed by atoms with van der Waals surface area (Å²) in [6.45, 7) is 4.71. The molecule has 1 amide bonds. The highest BCUT2D eigenvalue weighted by molar-refractivity contribution is 7.13. The summed E-state index contributed by atoms with van der Waals surface area (Å²) in [6.07, 6.45) is 2.93. The van der Waals surface area contributed by atoms with E-state index in [1.807, 2.05) is 30.2 Å². The number of anilines is 2. The first-order valence-electron chi connectivity index (χ1n) is 8.40. The van der Waals surface area contributed by atoms with Gasteiger partial charge >= 0.3 is 0 Å². The maximum Gasteiger partial charge on any atom is 0.249 e. The average molecular weight is 361 g/mol. The minimum atomic E-state index is -0.102. The number of hydrogen-bond acceptors (Lipinski definition) is 7. The van der Waals surface area contributed by atoms with Crippen LogP contribution in [-0.4, -0.2) is 46.0 Å². The largest absolute Gasteiger partial charge is 0.375 e. The highest BCUT2D eigenvalue weighted by Crippen LogP contribution is 2.30. The van der Waals surface area contributed by atoms with Crippen LogP contribution >= 0.6 is 11.3 Å². The lowest BCUT2D eigenvalue weighted by Gasteiger charge is -2.34. The summed E-state index contributed by atoms with van der Waals surface area (Å²) in [5, 5.41) is 6.04. The van der Waals surface area contributed by atoms with Crippen molar-refractivity contribution in [2.45, 2.75) is 39.2 Å². The van der Waals surface area contributed by atoms with Gasteiger partial charge in [-0.15, -0.1) is 11.3 Å². The zero-order valence-electron chi connectivity index (χ0n) is 14.8. The minimum Gasteiger partial charge on any atom is -0.375 e. The molecule has 7 nitrogen and oxygen atoms in total. The van der Waals surface area contributed by atoms with Gasteiger partial charge in [0.15, 0.2) is 11.0 Å². The molecular weight excluding hydrogens is 338 g/mol. The molecule has 2 aromatic heterocycles. The number of methoxy groups -OCH3 is 1. The fraction of sp³-hybridized carbons (Fsp3) is 0.529. The summed E-state index contributed by atoms with van der Waals surface area (Å²) < 4.78 is 5.02. The van der Waals surface area contributed by atoms with Crippen LogP contribution in [0.25, 0.3) is 0 Å². The fourth-order valence-corrected chi connectivity index (χ4v) is 3.73. The molecule has 1 aliphatic heterocycles. The minimum absolute atomic E-state index is 0.0117. The number of nitrogens with one attached hydrogen (secondary N) is 1. The Morgan fingerprint density at radius 1 is 1.32 bits per heavy atom. The molecule has 0 saturated carbocycles. The molecule has 0 unspecified atom stereocenters. The molecule has 0 radical (unpaired) electrons. The maximum absolute atomic E-state index is 12.4. The van der Waals surface area contributed by atoms with Crippen LogP contribution in [0.3, 0.4) is 0 Å². The third-order valence-corrected chi connectivity index (χ3v) is 4.99. The molecule has 25 heavy (non-hydrogen) atoms. The van der Waals surface area contributed by atoms with Crippen LogP contribution in [0.1, 0.15) is 42.5 Å². The van der Waals surface area contributed by atoms with Crippen LogP contribution in [0, 0.1) is 13.8 Å². The molecule has 3 heterocycles. The number of ether oxygens (including phenoxy) is 1. The predicted molar refractivity (Wildman–Crippen MR) is 97.1 cm³/mol. The Hall–Kier alpha value is -2.06. The molecule has 3 rings (SSSR count). The van der Waals surface area contributed by atoms with E-state index >= 15 is 0 Å². The lowest BCUT2D eigenvalue weighted by atomic mass is 10.0. The van der Waals surface area contributed by atoms with Gasteiger partial charge in [-0.2, -0.15) is 0 Å². The Balaban J connectivity index is 1.85. The van der Waals surface area contributed by atoms with Gasteiger partial charge in [0, 0.05) is 30.8 Å². The second-order valence-electron chi connectivity index (χ2n) is 6.20. The quantitative estimate of drug-likeness (QED) is 0.882. The van der Waals surface area contributed by atoms with Crippen LogP contribution in [0.5, 0.6) is 0 Å². The van der Waals surface area contributed by atoms with Gasteiger partial charge in [0.2, 0.25) is 5.91 Å². The van der Waals surface area contributed by atoms with Gasteiger partial charge in [-0.25, -0.2) is 15.0 Å². The molecule has 8 heteroatoms. The highest BCUT2D eigenvalue weighted by atomic mass is 32.1. The van der Waals surface area contributed by atoms with Crippen molar-refractivity contribution in [3.05, 3.63) is 28.7 Å². The Labute approximate surface area is 151 Å². The molecule has 1 aliphatic rings. The van der Waals surface area contributed by atoms with Crippen molar-refractivity contribution < 1.29 is 9.53 Å². The second-order valence-corrected chi connectivity index (χ2v) is 7.06. The van der Waals surface area contributed by atoms with Crippen LogP contribution in [0.15, 0.2) is 11.4 Å². The lowest BCUT2D eigenvalue weighted by Crippen LogP contribution is -2.41. The first-order valence-corrected chi connectivity index (χ1v) is 9.28. The maximum atomic E-state index is 12.4. The zero-order chi connectivity index (χ0) is 17.8. The number of carbonyl (C=O) groups is 1. The molecule has 0 bridgehead atoms. The summed E-state index contributed by atoms with van der Waals surface area (Å²) in [6, 6.07) is 1.79. The van der Waals surface area contributed by atoms with E-state index in [-0.39, 0.29) is 18.6 Å². The van der Waals surface area contributed by atoms with Crippen molar-refractivity contribution >= 4 is 28.2 Å². The first kappa shape index (κ1) is 17.8. The Morgan fingerprint density at radius 2 is 2.16 bits per heavy atom. The van der Waals surface area contributed by atoms with E-state index in [1.54, 1.807) is 11.3 Å². The summed E-state index contributed by atoms with van der Waals surface area (Å²) in [4.78, 5) is 27.9. The number of likely N-dealkylation sites (tertiary alicyclic amines) is 1. The predicted octanol–water partition coefficient (Wildman–Crippen LogP) is 2.99. The number of hydrogen-bond donors (Lipinski definition) is 1. The Morgan fingerprint density at radius 3 is 2.88 bits per heavy atom. The summed E-state index contributed by atoms with van der Waals surface area (Å²) in [5.74, 6) is 1.38. The average Bonchev–Trinajstić information content (AvgIpc) is 2.99. The molecule has 1 fully saturated rings. The molecule has 1 N–H and O–H groups in total. The monoisotopic (exact) mass is 361 g/mol. The van der Waals surface area contributed by atoms with Crippen LogP contribution in [0.4, 0.5) is 10.9 Å². The van der Waals surface area contributed by atoms with Crippen molar-refractivity contribution in [3.63, 3.8) is 0 Å². The zero-order valence-corrected chi connectivity index (χ0v) is 15.6. The van der Waals surface area contributed by atoms with Crippen molar-refractivity contribution in [1.29, 1.82) is 0 Å². The number of aromatic nitrogens is 3. The summed E-state index contributed by atoms with van der Waals surface area (Å²) >= 11 is 1.54. The number of aryl methyl sites for hydroxylation is 2. The number of piperidine rings is 1. The fourth-order valence-electron chi connectivity index (χ4n) is 3.03. The molecular formula is C17H23N5O2S. The lowest BCUT2D eigenvalue weighted by molar-refractivity contribution is -0.139. The number of thiazole rings is 1. The third kappa shape index (κ3) is 4.32. The number of amides is 1. The van der Waals surface area contributed by atoms with Crippen LogP contribution in [-0.2, 0) is 9.53 Å². The van der Waals surface area contributed by atoms with E-state index in [2.05, 4.69) is 20.3 Å².